The third-order valence-electron chi connectivity index (χ3n) is 4.43. The Morgan fingerprint density at radius 2 is 1.62 bits per heavy atom. The van der Waals surface area contributed by atoms with Crippen LogP contribution in [0, 0.1) is 34.6 Å². The monoisotopic (exact) mass is 325 g/mol. The molecule has 0 spiro atoms. The van der Waals surface area contributed by atoms with Gasteiger partial charge in [0.25, 0.3) is 5.91 Å². The van der Waals surface area contributed by atoms with Crippen molar-refractivity contribution in [2.75, 3.05) is 6.61 Å². The molecule has 0 aliphatic heterocycles. The molecule has 0 aliphatic rings. The van der Waals surface area contributed by atoms with Crippen LogP contribution in [0.25, 0.3) is 0 Å². The Balaban J connectivity index is 1.99. The van der Waals surface area contributed by atoms with Crippen molar-refractivity contribution in [2.45, 2.75) is 47.6 Å². The summed E-state index contributed by atoms with van der Waals surface area (Å²) in [6.07, 6.45) is 0. The Labute approximate surface area is 145 Å². The highest BCUT2D eigenvalue weighted by Crippen LogP contribution is 2.22. The summed E-state index contributed by atoms with van der Waals surface area (Å²) in [6, 6.07) is 10.3. The van der Waals surface area contributed by atoms with Gasteiger partial charge in [0, 0.05) is 0 Å². The molecule has 1 amide bonds. The largest absolute Gasteiger partial charge is 0.483 e. The van der Waals surface area contributed by atoms with E-state index in [1.807, 2.05) is 39.0 Å². The van der Waals surface area contributed by atoms with Crippen LogP contribution >= 0.6 is 0 Å². The SMILES string of the molecule is Cc1ccc(C)c(OCC(=O)NC(C)c2cc(C)c(C)cc2C)c1. The van der Waals surface area contributed by atoms with Crippen LogP contribution in [0.5, 0.6) is 5.75 Å². The second-order valence-electron chi connectivity index (χ2n) is 6.64. The Morgan fingerprint density at radius 3 is 2.33 bits per heavy atom. The van der Waals surface area contributed by atoms with Gasteiger partial charge in [-0.25, -0.2) is 0 Å². The van der Waals surface area contributed by atoms with Gasteiger partial charge in [0.1, 0.15) is 5.75 Å². The Hall–Kier alpha value is -2.29. The molecule has 1 N–H and O–H groups in total. The number of nitrogens with one attached hydrogen (secondary N) is 1. The molecule has 1 atom stereocenters. The molecule has 0 heterocycles. The van der Waals surface area contributed by atoms with Gasteiger partial charge in [-0.05, 0) is 81.0 Å². The summed E-state index contributed by atoms with van der Waals surface area (Å²) >= 11 is 0. The first-order valence-corrected chi connectivity index (χ1v) is 8.35. The van der Waals surface area contributed by atoms with Crippen LogP contribution in [0.15, 0.2) is 30.3 Å². The molecule has 0 fully saturated rings. The van der Waals surface area contributed by atoms with E-state index < -0.39 is 0 Å². The van der Waals surface area contributed by atoms with Crippen molar-refractivity contribution in [3.05, 3.63) is 63.7 Å². The van der Waals surface area contributed by atoms with Crippen LogP contribution in [-0.2, 0) is 4.79 Å². The summed E-state index contributed by atoms with van der Waals surface area (Å²) in [7, 11) is 0. The van der Waals surface area contributed by atoms with E-state index in [4.69, 9.17) is 4.74 Å². The summed E-state index contributed by atoms with van der Waals surface area (Å²) in [5, 5.41) is 3.02. The maximum atomic E-state index is 12.2. The van der Waals surface area contributed by atoms with E-state index in [9.17, 15) is 4.79 Å². The average Bonchev–Trinajstić information content (AvgIpc) is 2.51. The molecule has 0 aromatic heterocycles. The summed E-state index contributed by atoms with van der Waals surface area (Å²) < 4.78 is 5.68. The molecule has 2 aromatic carbocycles. The number of hydrogen-bond acceptors (Lipinski definition) is 2. The zero-order valence-electron chi connectivity index (χ0n) is 15.5. The lowest BCUT2D eigenvalue weighted by Crippen LogP contribution is -2.31. The fraction of sp³-hybridized carbons (Fsp3) is 0.381. The lowest BCUT2D eigenvalue weighted by atomic mass is 9.96. The Bertz CT molecular complexity index is 750. The fourth-order valence-corrected chi connectivity index (χ4v) is 2.82. The van der Waals surface area contributed by atoms with Crippen molar-refractivity contribution in [3.8, 4) is 5.75 Å². The number of rotatable bonds is 5. The van der Waals surface area contributed by atoms with E-state index in [2.05, 4.69) is 38.2 Å². The molecular weight excluding hydrogens is 298 g/mol. The Morgan fingerprint density at radius 1 is 0.958 bits per heavy atom. The van der Waals surface area contributed by atoms with E-state index in [1.165, 1.54) is 16.7 Å². The number of hydrogen-bond donors (Lipinski definition) is 1. The van der Waals surface area contributed by atoms with Crippen LogP contribution in [-0.4, -0.2) is 12.5 Å². The predicted molar refractivity (Wildman–Crippen MR) is 98.6 cm³/mol. The molecule has 2 aromatic rings. The van der Waals surface area contributed by atoms with Crippen LogP contribution in [0.4, 0.5) is 0 Å². The highest BCUT2D eigenvalue weighted by molar-refractivity contribution is 5.78. The average molecular weight is 325 g/mol. The van der Waals surface area contributed by atoms with Crippen LogP contribution in [0.1, 0.15) is 46.3 Å². The van der Waals surface area contributed by atoms with Gasteiger partial charge in [0.15, 0.2) is 6.61 Å². The van der Waals surface area contributed by atoms with Crippen molar-refractivity contribution in [1.29, 1.82) is 0 Å². The highest BCUT2D eigenvalue weighted by atomic mass is 16.5. The third kappa shape index (κ3) is 4.38. The summed E-state index contributed by atoms with van der Waals surface area (Å²) in [5.41, 5.74) is 7.01. The number of amides is 1. The molecule has 0 radical (unpaired) electrons. The van der Waals surface area contributed by atoms with Crippen molar-refractivity contribution < 1.29 is 9.53 Å². The minimum atomic E-state index is -0.110. The van der Waals surface area contributed by atoms with Crippen molar-refractivity contribution in [1.82, 2.24) is 5.32 Å². The first-order chi connectivity index (χ1) is 11.3. The number of benzene rings is 2. The summed E-state index contributed by atoms with van der Waals surface area (Å²) in [4.78, 5) is 12.2. The second-order valence-corrected chi connectivity index (χ2v) is 6.64. The second kappa shape index (κ2) is 7.52. The van der Waals surface area contributed by atoms with E-state index in [-0.39, 0.29) is 18.6 Å². The van der Waals surface area contributed by atoms with Crippen molar-refractivity contribution >= 4 is 5.91 Å². The maximum absolute atomic E-state index is 12.2. The van der Waals surface area contributed by atoms with Gasteiger partial charge in [0.2, 0.25) is 0 Å². The molecule has 128 valence electrons. The normalized spacial score (nSPS) is 11.9. The maximum Gasteiger partial charge on any atom is 0.258 e. The van der Waals surface area contributed by atoms with Crippen LogP contribution in [0.2, 0.25) is 0 Å². The molecular formula is C21H27NO2. The summed E-state index contributed by atoms with van der Waals surface area (Å²) in [5.74, 6) is 0.654. The lowest BCUT2D eigenvalue weighted by molar-refractivity contribution is -0.123. The molecule has 3 nitrogen and oxygen atoms in total. The number of carbonyl (C=O) groups excluding carboxylic acids is 1. The highest BCUT2D eigenvalue weighted by Gasteiger charge is 2.13. The minimum absolute atomic E-state index is 0.0263. The smallest absolute Gasteiger partial charge is 0.258 e. The molecule has 1 unspecified atom stereocenters. The first kappa shape index (κ1) is 18.1. The van der Waals surface area contributed by atoms with Crippen molar-refractivity contribution in [3.63, 3.8) is 0 Å². The van der Waals surface area contributed by atoms with E-state index in [0.717, 1.165) is 22.4 Å². The minimum Gasteiger partial charge on any atom is -0.483 e. The zero-order chi connectivity index (χ0) is 17.9. The van der Waals surface area contributed by atoms with Crippen LogP contribution in [0.3, 0.4) is 0 Å². The van der Waals surface area contributed by atoms with Gasteiger partial charge >= 0.3 is 0 Å². The molecule has 0 saturated carbocycles. The van der Waals surface area contributed by atoms with Crippen LogP contribution < -0.4 is 10.1 Å². The summed E-state index contributed by atoms with van der Waals surface area (Å²) in [6.45, 7) is 12.3. The molecule has 0 saturated heterocycles. The van der Waals surface area contributed by atoms with Gasteiger partial charge in [-0.3, -0.25) is 4.79 Å². The predicted octanol–water partition coefficient (Wildman–Crippen LogP) is 4.48. The molecule has 0 aliphatic carbocycles. The molecule has 0 bridgehead atoms. The van der Waals surface area contributed by atoms with Gasteiger partial charge < -0.3 is 10.1 Å². The molecule has 24 heavy (non-hydrogen) atoms. The number of ether oxygens (including phenoxy) is 1. The quantitative estimate of drug-likeness (QED) is 0.880. The van der Waals surface area contributed by atoms with E-state index in [1.54, 1.807) is 0 Å². The van der Waals surface area contributed by atoms with E-state index >= 15 is 0 Å². The van der Waals surface area contributed by atoms with Gasteiger partial charge in [-0.15, -0.1) is 0 Å². The lowest BCUT2D eigenvalue weighted by Gasteiger charge is -2.19. The third-order valence-corrected chi connectivity index (χ3v) is 4.43. The zero-order valence-corrected chi connectivity index (χ0v) is 15.5. The van der Waals surface area contributed by atoms with Crippen molar-refractivity contribution in [2.24, 2.45) is 0 Å². The first-order valence-electron chi connectivity index (χ1n) is 8.35. The Kier molecular flexibility index (Phi) is 5.66. The van der Waals surface area contributed by atoms with Gasteiger partial charge in [-0.1, -0.05) is 24.3 Å². The number of aryl methyl sites for hydroxylation is 5. The van der Waals surface area contributed by atoms with E-state index in [0.29, 0.717) is 0 Å². The topological polar surface area (TPSA) is 38.3 Å². The number of carbonyl (C=O) groups is 1. The van der Waals surface area contributed by atoms with Gasteiger partial charge in [-0.2, -0.15) is 0 Å². The molecule has 3 heteroatoms. The molecule has 2 rings (SSSR count). The fourth-order valence-electron chi connectivity index (χ4n) is 2.82. The standard InChI is InChI=1S/C21H27NO2/c1-13-7-8-14(2)20(9-13)24-12-21(23)22-18(6)19-11-16(4)15(3)10-17(19)5/h7-11,18H,12H2,1-6H3,(H,22,23). The van der Waals surface area contributed by atoms with Gasteiger partial charge in [0.05, 0.1) is 6.04 Å².